The molecule has 0 radical (unpaired) electrons. The van der Waals surface area contributed by atoms with Gasteiger partial charge in [0.05, 0.1) is 5.39 Å². The summed E-state index contributed by atoms with van der Waals surface area (Å²) in [6.45, 7) is 1.66. The number of carbonyl (C=O) groups is 1. The summed E-state index contributed by atoms with van der Waals surface area (Å²) in [7, 11) is 1.96. The maximum Gasteiger partial charge on any atom is 0.341 e. The second kappa shape index (κ2) is 8.70. The first-order chi connectivity index (χ1) is 13.5. The highest BCUT2D eigenvalue weighted by Gasteiger charge is 2.32. The van der Waals surface area contributed by atoms with E-state index in [1.807, 2.05) is 18.8 Å². The van der Waals surface area contributed by atoms with Gasteiger partial charge in [0.1, 0.15) is 11.4 Å². The van der Waals surface area contributed by atoms with E-state index in [2.05, 4.69) is 21.5 Å². The lowest BCUT2D eigenvalue weighted by Crippen LogP contribution is -2.34. The molecular weight excluding hydrogens is 434 g/mol. The van der Waals surface area contributed by atoms with E-state index in [4.69, 9.17) is 4.98 Å². The monoisotopic (exact) mass is 453 g/mol. The zero-order chi connectivity index (χ0) is 19.8. The molecule has 29 heavy (non-hydrogen) atoms. The van der Waals surface area contributed by atoms with Gasteiger partial charge in [0.15, 0.2) is 10.8 Å². The third kappa shape index (κ3) is 3.85. The summed E-state index contributed by atoms with van der Waals surface area (Å²) in [5.41, 5.74) is -0.418. The minimum atomic E-state index is -1.26. The van der Waals surface area contributed by atoms with E-state index in [-0.39, 0.29) is 23.4 Å². The molecule has 4 heterocycles. The number of thioether (sulfide) groups is 1. The lowest BCUT2D eigenvalue weighted by atomic mass is 10.2. The van der Waals surface area contributed by atoms with Gasteiger partial charge in [-0.3, -0.25) is 9.36 Å². The Labute approximate surface area is 181 Å². The van der Waals surface area contributed by atoms with Gasteiger partial charge < -0.3 is 15.3 Å². The van der Waals surface area contributed by atoms with Crippen molar-refractivity contribution >= 4 is 58.3 Å². The molecule has 8 nitrogen and oxygen atoms in total. The molecule has 0 aromatic carbocycles. The molecule has 3 aromatic heterocycles. The molecule has 4 rings (SSSR count). The number of anilines is 1. The Morgan fingerprint density at radius 2 is 2.17 bits per heavy atom. The molecule has 2 atom stereocenters. The molecule has 11 heteroatoms. The van der Waals surface area contributed by atoms with Gasteiger partial charge in [-0.05, 0) is 25.4 Å². The van der Waals surface area contributed by atoms with Crippen LogP contribution in [0.25, 0.3) is 16.2 Å². The standard InChI is InChI=1S/C18H19N5O3S2.ClH/c1-19-12-8-22(9-13(12)27-2)14-4-3-10-15(24)11(17(25)26)7-23(16(10)21-14)18-20-5-6-28-18;/h3-7,12-13,19H,8-9H2,1-2H3,(H,25,26);1H/t12-,13-;/m1./s1. The summed E-state index contributed by atoms with van der Waals surface area (Å²) in [5, 5.41) is 15.8. The average molecular weight is 454 g/mol. The first-order valence-corrected chi connectivity index (χ1v) is 10.8. The van der Waals surface area contributed by atoms with Gasteiger partial charge >= 0.3 is 5.97 Å². The van der Waals surface area contributed by atoms with Crippen molar-refractivity contribution in [1.29, 1.82) is 0 Å². The molecular formula is C18H20ClN5O3S2. The first kappa shape index (κ1) is 21.6. The normalized spacial score (nSPS) is 18.8. The van der Waals surface area contributed by atoms with Crippen molar-refractivity contribution in [2.75, 3.05) is 31.3 Å². The predicted molar refractivity (Wildman–Crippen MR) is 120 cm³/mol. The van der Waals surface area contributed by atoms with Crippen LogP contribution >= 0.6 is 35.5 Å². The van der Waals surface area contributed by atoms with Gasteiger partial charge in [0.2, 0.25) is 5.43 Å². The fourth-order valence-corrected chi connectivity index (χ4v) is 4.98. The fraction of sp³-hybridized carbons (Fsp3) is 0.333. The number of thiazole rings is 1. The molecule has 0 bridgehead atoms. The SMILES string of the molecule is CN[C@@H]1CN(c2ccc3c(=O)c(C(=O)O)cn(-c4nccs4)c3n2)C[C@H]1SC.Cl. The van der Waals surface area contributed by atoms with Gasteiger partial charge in [0.25, 0.3) is 0 Å². The molecule has 2 N–H and O–H groups in total. The number of aromatic carboxylic acids is 1. The molecule has 0 aliphatic carbocycles. The number of rotatable bonds is 5. The molecule has 1 aliphatic heterocycles. The lowest BCUT2D eigenvalue weighted by Gasteiger charge is -2.18. The number of hydrogen-bond donors (Lipinski definition) is 2. The molecule has 0 amide bonds. The summed E-state index contributed by atoms with van der Waals surface area (Å²) < 4.78 is 1.59. The van der Waals surface area contributed by atoms with Crippen LogP contribution in [-0.2, 0) is 0 Å². The van der Waals surface area contributed by atoms with E-state index in [1.165, 1.54) is 17.5 Å². The van der Waals surface area contributed by atoms with Crippen LogP contribution in [0.2, 0.25) is 0 Å². The fourth-order valence-electron chi connectivity index (χ4n) is 3.48. The second-order valence-corrected chi connectivity index (χ2v) is 8.43. The van der Waals surface area contributed by atoms with E-state index >= 15 is 0 Å². The van der Waals surface area contributed by atoms with Crippen LogP contribution in [-0.4, -0.2) is 63.3 Å². The van der Waals surface area contributed by atoms with Crippen molar-refractivity contribution < 1.29 is 9.90 Å². The van der Waals surface area contributed by atoms with Gasteiger partial charge in [-0.2, -0.15) is 11.8 Å². The number of aromatic nitrogens is 3. The quantitative estimate of drug-likeness (QED) is 0.605. The number of hydrogen-bond acceptors (Lipinski definition) is 8. The zero-order valence-corrected chi connectivity index (χ0v) is 18.2. The Morgan fingerprint density at radius 1 is 1.38 bits per heavy atom. The number of nitrogens with one attached hydrogen (secondary N) is 1. The highest BCUT2D eigenvalue weighted by atomic mass is 35.5. The number of nitrogens with zero attached hydrogens (tertiary/aromatic N) is 4. The molecule has 1 saturated heterocycles. The van der Waals surface area contributed by atoms with Crippen LogP contribution in [0.15, 0.2) is 34.7 Å². The van der Waals surface area contributed by atoms with Crippen molar-refractivity contribution in [1.82, 2.24) is 19.9 Å². The Kier molecular flexibility index (Phi) is 6.47. The topological polar surface area (TPSA) is 100 Å². The van der Waals surface area contributed by atoms with Crippen molar-refractivity contribution in [3.05, 3.63) is 45.7 Å². The van der Waals surface area contributed by atoms with Crippen molar-refractivity contribution in [3.63, 3.8) is 0 Å². The van der Waals surface area contributed by atoms with Gasteiger partial charge in [-0.25, -0.2) is 14.8 Å². The lowest BCUT2D eigenvalue weighted by molar-refractivity contribution is 0.0695. The molecule has 3 aromatic rings. The van der Waals surface area contributed by atoms with E-state index in [9.17, 15) is 14.7 Å². The Morgan fingerprint density at radius 3 is 2.76 bits per heavy atom. The van der Waals surface area contributed by atoms with Crippen LogP contribution in [0.1, 0.15) is 10.4 Å². The number of fused-ring (bicyclic) bond motifs is 1. The number of pyridine rings is 2. The average Bonchev–Trinajstić information content (AvgIpc) is 3.37. The molecule has 0 saturated carbocycles. The first-order valence-electron chi connectivity index (χ1n) is 8.68. The number of carboxylic acid groups (broad SMARTS) is 1. The zero-order valence-electron chi connectivity index (χ0n) is 15.7. The van der Waals surface area contributed by atoms with Gasteiger partial charge in [-0.1, -0.05) is 0 Å². The van der Waals surface area contributed by atoms with Gasteiger partial charge in [-0.15, -0.1) is 23.7 Å². The largest absolute Gasteiger partial charge is 0.477 e. The maximum atomic E-state index is 12.6. The number of halogens is 1. The second-order valence-electron chi connectivity index (χ2n) is 6.48. The summed E-state index contributed by atoms with van der Waals surface area (Å²) in [4.78, 5) is 35.4. The maximum absolute atomic E-state index is 12.6. The van der Waals surface area contributed by atoms with E-state index in [0.29, 0.717) is 22.1 Å². The highest BCUT2D eigenvalue weighted by Crippen LogP contribution is 2.27. The van der Waals surface area contributed by atoms with Crippen LogP contribution in [0.3, 0.4) is 0 Å². The van der Waals surface area contributed by atoms with Crippen molar-refractivity contribution in [2.24, 2.45) is 0 Å². The minimum absolute atomic E-state index is 0. The van der Waals surface area contributed by atoms with E-state index in [1.54, 1.807) is 28.3 Å². The highest BCUT2D eigenvalue weighted by molar-refractivity contribution is 7.99. The number of carboxylic acids is 1. The van der Waals surface area contributed by atoms with Gasteiger partial charge in [0, 0.05) is 42.2 Å². The van der Waals surface area contributed by atoms with E-state index in [0.717, 1.165) is 18.9 Å². The smallest absolute Gasteiger partial charge is 0.341 e. The molecule has 0 unspecified atom stereocenters. The summed E-state index contributed by atoms with van der Waals surface area (Å²) in [5.74, 6) is -0.502. The molecule has 1 fully saturated rings. The van der Waals surface area contributed by atoms with Crippen molar-refractivity contribution in [3.8, 4) is 5.13 Å². The Hall–Kier alpha value is -2.14. The minimum Gasteiger partial charge on any atom is -0.477 e. The third-order valence-corrected chi connectivity index (χ3v) is 6.81. The third-order valence-electron chi connectivity index (χ3n) is 4.96. The Bertz CT molecular complexity index is 1080. The molecule has 154 valence electrons. The summed E-state index contributed by atoms with van der Waals surface area (Å²) >= 11 is 3.17. The van der Waals surface area contributed by atoms with Crippen LogP contribution in [0.5, 0.6) is 0 Å². The van der Waals surface area contributed by atoms with E-state index < -0.39 is 11.4 Å². The Balaban J connectivity index is 0.00000240. The molecule has 1 aliphatic rings. The predicted octanol–water partition coefficient (Wildman–Crippen LogP) is 2.10. The summed E-state index contributed by atoms with van der Waals surface area (Å²) in [6, 6.07) is 3.80. The van der Waals surface area contributed by atoms with Crippen LogP contribution in [0, 0.1) is 0 Å². The van der Waals surface area contributed by atoms with Crippen LogP contribution in [0.4, 0.5) is 5.82 Å². The number of likely N-dealkylation sites (N-methyl/N-ethyl adjacent to an activating group) is 1. The van der Waals surface area contributed by atoms with Crippen molar-refractivity contribution in [2.45, 2.75) is 11.3 Å². The molecule has 0 spiro atoms. The van der Waals surface area contributed by atoms with Crippen LogP contribution < -0.4 is 15.6 Å². The summed E-state index contributed by atoms with van der Waals surface area (Å²) in [6.07, 6.45) is 5.04.